The first-order valence-corrected chi connectivity index (χ1v) is 12.4. The highest BCUT2D eigenvalue weighted by Gasteiger charge is 2.40. The maximum absolute atomic E-state index is 13.9. The normalized spacial score (nSPS) is 18.6. The number of anilines is 1. The van der Waals surface area contributed by atoms with E-state index in [9.17, 15) is 9.59 Å². The molecule has 36 heavy (non-hydrogen) atoms. The van der Waals surface area contributed by atoms with E-state index in [2.05, 4.69) is 18.2 Å². The third kappa shape index (κ3) is 3.51. The molecule has 2 N–H and O–H groups in total. The van der Waals surface area contributed by atoms with Gasteiger partial charge in [-0.25, -0.2) is 4.90 Å². The van der Waals surface area contributed by atoms with E-state index < -0.39 is 0 Å². The molecule has 4 aromatic rings. The number of nitrogens with zero attached hydrogens (tertiary/aromatic N) is 3. The maximum atomic E-state index is 13.9. The third-order valence-corrected chi connectivity index (χ3v) is 7.89. The molecule has 0 saturated carbocycles. The van der Waals surface area contributed by atoms with Crippen molar-refractivity contribution in [3.63, 3.8) is 0 Å². The number of carbonyl (C=O) groups excluding carboxylic acids is 2. The number of imide groups is 1. The molecule has 3 aromatic heterocycles. The van der Waals surface area contributed by atoms with Gasteiger partial charge in [-0.3, -0.25) is 9.59 Å². The summed E-state index contributed by atoms with van der Waals surface area (Å²) in [6, 6.07) is 14.0. The minimum Gasteiger partial charge on any atom is -0.350 e. The van der Waals surface area contributed by atoms with Crippen LogP contribution in [0.2, 0.25) is 0 Å². The van der Waals surface area contributed by atoms with Gasteiger partial charge in [-0.1, -0.05) is 38.1 Å². The Morgan fingerprint density at radius 1 is 1.03 bits per heavy atom. The molecule has 1 aliphatic carbocycles. The molecule has 0 fully saturated rings. The topological polar surface area (TPSA) is 72.7 Å². The van der Waals surface area contributed by atoms with Crippen molar-refractivity contribution in [1.82, 2.24) is 8.97 Å². The number of halogens is 1. The lowest BCUT2D eigenvalue weighted by molar-refractivity contribution is -0.119. The van der Waals surface area contributed by atoms with Gasteiger partial charge in [-0.05, 0) is 54.9 Å². The van der Waals surface area contributed by atoms with Crippen LogP contribution in [-0.2, 0) is 29.5 Å². The maximum Gasteiger partial charge on any atom is 0.266 e. The Morgan fingerprint density at radius 3 is 2.53 bits per heavy atom. The van der Waals surface area contributed by atoms with Gasteiger partial charge < -0.3 is 14.7 Å². The summed E-state index contributed by atoms with van der Waals surface area (Å²) in [6.45, 7) is 4.32. The predicted molar refractivity (Wildman–Crippen MR) is 146 cm³/mol. The van der Waals surface area contributed by atoms with Crippen LogP contribution < -0.4 is 10.6 Å². The van der Waals surface area contributed by atoms with Crippen LogP contribution in [-0.4, -0.2) is 26.8 Å². The molecule has 1 aromatic carbocycles. The van der Waals surface area contributed by atoms with Crippen LogP contribution in [0, 0.1) is 11.8 Å². The molecule has 0 unspecified atom stereocenters. The van der Waals surface area contributed by atoms with Crippen molar-refractivity contribution >= 4 is 51.9 Å². The number of fused-ring (bicyclic) bond motifs is 4. The molecule has 1 aliphatic heterocycles. The van der Waals surface area contributed by atoms with Gasteiger partial charge in [0.15, 0.2) is 0 Å². The number of carbonyl (C=O) groups is 2. The second-order valence-electron chi connectivity index (χ2n) is 10.3. The minimum absolute atomic E-state index is 0. The van der Waals surface area contributed by atoms with Crippen LogP contribution >= 0.6 is 12.4 Å². The molecule has 0 bridgehead atoms. The van der Waals surface area contributed by atoms with E-state index >= 15 is 0 Å². The molecule has 0 spiro atoms. The zero-order chi connectivity index (χ0) is 24.4. The number of benzene rings is 1. The molecule has 2 aliphatic rings. The van der Waals surface area contributed by atoms with Gasteiger partial charge in [-0.15, -0.1) is 12.4 Å². The fourth-order valence-corrected chi connectivity index (χ4v) is 6.03. The van der Waals surface area contributed by atoms with Gasteiger partial charge in [0.05, 0.1) is 16.8 Å². The average molecular weight is 503 g/mol. The van der Waals surface area contributed by atoms with Gasteiger partial charge in [0.25, 0.3) is 11.8 Å². The highest BCUT2D eigenvalue weighted by molar-refractivity contribution is 6.45. The number of pyridine rings is 1. The van der Waals surface area contributed by atoms with Gasteiger partial charge in [0.1, 0.15) is 0 Å². The molecule has 6 nitrogen and oxygen atoms in total. The number of rotatable bonds is 4. The summed E-state index contributed by atoms with van der Waals surface area (Å²) in [7, 11) is 1.96. The van der Waals surface area contributed by atoms with Crippen molar-refractivity contribution < 1.29 is 9.59 Å². The second kappa shape index (κ2) is 8.95. The van der Waals surface area contributed by atoms with E-state index in [0.29, 0.717) is 17.4 Å². The number of nitrogens with two attached hydrogens (primary N) is 1. The lowest BCUT2D eigenvalue weighted by Crippen LogP contribution is -2.39. The first-order chi connectivity index (χ1) is 16.9. The van der Waals surface area contributed by atoms with Gasteiger partial charge in [-0.2, -0.15) is 0 Å². The van der Waals surface area contributed by atoms with E-state index in [0.717, 1.165) is 52.5 Å². The standard InChI is InChI=1S/C29H30N4O2.ClH/c1-17(2)27(30)18-11-12-24-21(14-18)28(25-10-6-7-13-32(24)25)33-26(34)15-20(29(33)35)22-16-31(3)23-9-5-4-8-19(22)23;/h4-10,13,15-18,27H,11-12,14,30H2,1-3H3;1H/t18-,27-;/m0./s1. The highest BCUT2D eigenvalue weighted by atomic mass is 35.5. The number of hydrogen-bond acceptors (Lipinski definition) is 3. The van der Waals surface area contributed by atoms with Gasteiger partial charge in [0.2, 0.25) is 0 Å². The molecule has 6 rings (SSSR count). The third-order valence-electron chi connectivity index (χ3n) is 7.89. The fraction of sp³-hybridized carbons (Fsp3) is 0.310. The van der Waals surface area contributed by atoms with Crippen LogP contribution in [0.4, 0.5) is 5.69 Å². The van der Waals surface area contributed by atoms with Crippen molar-refractivity contribution in [1.29, 1.82) is 0 Å². The first-order valence-electron chi connectivity index (χ1n) is 12.4. The van der Waals surface area contributed by atoms with Gasteiger partial charge >= 0.3 is 0 Å². The van der Waals surface area contributed by atoms with Crippen LogP contribution in [0.1, 0.15) is 37.1 Å². The quantitative estimate of drug-likeness (QED) is 0.403. The average Bonchev–Trinajstić information content (AvgIpc) is 3.47. The fourth-order valence-electron chi connectivity index (χ4n) is 6.03. The van der Waals surface area contributed by atoms with Crippen LogP contribution in [0.15, 0.2) is 60.9 Å². The van der Waals surface area contributed by atoms with E-state index in [1.54, 1.807) is 0 Å². The summed E-state index contributed by atoms with van der Waals surface area (Å²) in [5.74, 6) is 0.141. The summed E-state index contributed by atoms with van der Waals surface area (Å²) in [5.41, 5.74) is 12.7. The minimum atomic E-state index is -0.285. The lowest BCUT2D eigenvalue weighted by atomic mass is 9.79. The molecule has 4 heterocycles. The second-order valence-corrected chi connectivity index (χ2v) is 10.3. The number of aryl methyl sites for hydroxylation is 2. The van der Waals surface area contributed by atoms with Crippen molar-refractivity contribution in [2.75, 3.05) is 4.90 Å². The van der Waals surface area contributed by atoms with Crippen molar-refractivity contribution in [3.8, 4) is 0 Å². The van der Waals surface area contributed by atoms with Crippen molar-refractivity contribution in [3.05, 3.63) is 77.8 Å². The summed E-state index contributed by atoms with van der Waals surface area (Å²) in [4.78, 5) is 28.8. The van der Waals surface area contributed by atoms with Crippen LogP contribution in [0.5, 0.6) is 0 Å². The van der Waals surface area contributed by atoms with Crippen molar-refractivity contribution in [2.45, 2.75) is 39.2 Å². The Hall–Kier alpha value is -3.35. The summed E-state index contributed by atoms with van der Waals surface area (Å²) in [6.07, 6.45) is 8.13. The van der Waals surface area contributed by atoms with E-state index in [-0.39, 0.29) is 30.3 Å². The molecule has 0 radical (unpaired) electrons. The number of para-hydroxylation sites is 1. The largest absolute Gasteiger partial charge is 0.350 e. The predicted octanol–water partition coefficient (Wildman–Crippen LogP) is 4.90. The number of hydrogen-bond donors (Lipinski definition) is 1. The molecular formula is C29H31ClN4O2. The molecule has 186 valence electrons. The molecule has 2 amide bonds. The Bertz CT molecular complexity index is 1540. The summed E-state index contributed by atoms with van der Waals surface area (Å²) < 4.78 is 4.15. The molecule has 0 saturated heterocycles. The SMILES string of the molecule is CC(C)[C@H](N)[C@H]1CCc2c(c(N3C(=O)C=C(c4cn(C)c5ccccc45)C3=O)c3ccccn23)C1.Cl. The summed E-state index contributed by atoms with van der Waals surface area (Å²) >= 11 is 0. The van der Waals surface area contributed by atoms with Gasteiger partial charge in [0, 0.05) is 53.7 Å². The van der Waals surface area contributed by atoms with Crippen LogP contribution in [0.25, 0.3) is 22.0 Å². The molecular weight excluding hydrogens is 472 g/mol. The van der Waals surface area contributed by atoms with E-state index in [4.69, 9.17) is 5.73 Å². The zero-order valence-corrected chi connectivity index (χ0v) is 21.6. The Kier molecular flexibility index (Phi) is 6.05. The monoisotopic (exact) mass is 502 g/mol. The highest BCUT2D eigenvalue weighted by Crippen LogP contribution is 2.43. The van der Waals surface area contributed by atoms with Crippen LogP contribution in [0.3, 0.4) is 0 Å². The number of aromatic nitrogens is 2. The lowest BCUT2D eigenvalue weighted by Gasteiger charge is -2.31. The number of amides is 2. The Morgan fingerprint density at radius 2 is 1.75 bits per heavy atom. The van der Waals surface area contributed by atoms with E-state index in [1.165, 1.54) is 16.7 Å². The molecule has 7 heteroatoms. The Labute approximate surface area is 216 Å². The van der Waals surface area contributed by atoms with Crippen molar-refractivity contribution in [2.24, 2.45) is 24.6 Å². The summed E-state index contributed by atoms with van der Waals surface area (Å²) in [5, 5.41) is 0.969. The zero-order valence-electron chi connectivity index (χ0n) is 20.8. The Balaban J connectivity index is 0.00000267. The molecule has 2 atom stereocenters. The smallest absolute Gasteiger partial charge is 0.266 e. The first kappa shape index (κ1) is 24.3. The van der Waals surface area contributed by atoms with E-state index in [1.807, 2.05) is 66.5 Å².